The molecule has 1 aliphatic heterocycles. The van der Waals surface area contributed by atoms with Crippen LogP contribution >= 0.6 is 0 Å². The van der Waals surface area contributed by atoms with Gasteiger partial charge in [-0.2, -0.15) is 0 Å². The topological polar surface area (TPSA) is 35.8 Å². The Kier molecular flexibility index (Phi) is 3.79. The number of oxime groups is 1. The van der Waals surface area contributed by atoms with Crippen molar-refractivity contribution >= 4 is 5.71 Å². The van der Waals surface area contributed by atoms with Gasteiger partial charge in [-0.15, -0.1) is 0 Å². The molecule has 1 aliphatic rings. The minimum atomic E-state index is 0.347. The van der Waals surface area contributed by atoms with Crippen LogP contribution in [0.25, 0.3) is 0 Å². The Hall–Kier alpha value is -1.35. The minimum Gasteiger partial charge on any atom is -0.411 e. The number of rotatable bonds is 2. The molecule has 1 aromatic rings. The van der Waals surface area contributed by atoms with E-state index in [2.05, 4.69) is 48.2 Å². The average molecular weight is 232 g/mol. The Bertz CT molecular complexity index is 388. The number of benzene rings is 1. The Morgan fingerprint density at radius 1 is 1.29 bits per heavy atom. The molecule has 2 atom stereocenters. The first kappa shape index (κ1) is 12.1. The molecule has 0 spiro atoms. The largest absolute Gasteiger partial charge is 0.411 e. The monoisotopic (exact) mass is 232 g/mol. The summed E-state index contributed by atoms with van der Waals surface area (Å²) in [4.78, 5) is 2.45. The van der Waals surface area contributed by atoms with E-state index >= 15 is 0 Å². The third kappa shape index (κ3) is 2.86. The van der Waals surface area contributed by atoms with Gasteiger partial charge in [0.2, 0.25) is 0 Å². The quantitative estimate of drug-likeness (QED) is 0.628. The van der Waals surface area contributed by atoms with Crippen LogP contribution in [0, 0.1) is 5.92 Å². The van der Waals surface area contributed by atoms with Gasteiger partial charge in [-0.05, 0) is 12.5 Å². The molecule has 0 aromatic heterocycles. The van der Waals surface area contributed by atoms with Crippen molar-refractivity contribution < 1.29 is 5.21 Å². The fourth-order valence-electron chi connectivity index (χ4n) is 2.45. The second-order valence-electron chi connectivity index (χ2n) is 4.96. The summed E-state index contributed by atoms with van der Waals surface area (Å²) in [5, 5.41) is 12.3. The highest BCUT2D eigenvalue weighted by Gasteiger charge is 2.27. The molecular weight excluding hydrogens is 212 g/mol. The van der Waals surface area contributed by atoms with Gasteiger partial charge in [0.15, 0.2) is 0 Å². The van der Waals surface area contributed by atoms with Gasteiger partial charge in [0, 0.05) is 31.5 Å². The maximum Gasteiger partial charge on any atom is 0.0627 e. The summed E-state index contributed by atoms with van der Waals surface area (Å²) in [6.07, 6.45) is 0.866. The lowest BCUT2D eigenvalue weighted by Gasteiger charge is -2.37. The third-order valence-corrected chi connectivity index (χ3v) is 3.56. The molecule has 1 fully saturated rings. The van der Waals surface area contributed by atoms with Crippen LogP contribution in [0.5, 0.6) is 0 Å². The molecule has 1 saturated heterocycles. The molecule has 92 valence electrons. The average Bonchev–Trinajstić information content (AvgIpc) is 2.34. The first-order valence-electron chi connectivity index (χ1n) is 6.19. The van der Waals surface area contributed by atoms with Crippen molar-refractivity contribution in [3.8, 4) is 0 Å². The van der Waals surface area contributed by atoms with Gasteiger partial charge in [-0.3, -0.25) is 4.90 Å². The van der Waals surface area contributed by atoms with Crippen LogP contribution in [0.4, 0.5) is 0 Å². The molecule has 2 rings (SSSR count). The van der Waals surface area contributed by atoms with Gasteiger partial charge in [0.1, 0.15) is 0 Å². The summed E-state index contributed by atoms with van der Waals surface area (Å²) < 4.78 is 0. The summed E-state index contributed by atoms with van der Waals surface area (Å²) >= 11 is 0. The molecule has 3 nitrogen and oxygen atoms in total. The maximum absolute atomic E-state index is 8.92. The summed E-state index contributed by atoms with van der Waals surface area (Å²) in [7, 11) is 0. The van der Waals surface area contributed by atoms with E-state index < -0.39 is 0 Å². The normalized spacial score (nSPS) is 28.5. The Morgan fingerprint density at radius 2 is 2.00 bits per heavy atom. The van der Waals surface area contributed by atoms with Crippen LogP contribution in [0.15, 0.2) is 35.5 Å². The van der Waals surface area contributed by atoms with Crippen molar-refractivity contribution in [1.82, 2.24) is 4.90 Å². The Balaban J connectivity index is 2.03. The predicted molar refractivity (Wildman–Crippen MR) is 69.3 cm³/mol. The standard InChI is InChI=1S/C14H20N2O/c1-11-9-16(12(2)8-14(11)15-17)10-13-6-4-3-5-7-13/h3-7,11-12,17H,8-10H2,1-2H3/b15-14-/t11-,12+/m1/s1. The zero-order valence-electron chi connectivity index (χ0n) is 10.5. The first-order valence-corrected chi connectivity index (χ1v) is 6.19. The molecule has 1 N–H and O–H groups in total. The minimum absolute atomic E-state index is 0.347. The lowest BCUT2D eigenvalue weighted by atomic mass is 9.92. The molecule has 0 aliphatic carbocycles. The third-order valence-electron chi connectivity index (χ3n) is 3.56. The summed E-state index contributed by atoms with van der Waals surface area (Å²) in [5.41, 5.74) is 2.28. The number of likely N-dealkylation sites (tertiary alicyclic amines) is 1. The van der Waals surface area contributed by atoms with E-state index in [1.807, 2.05) is 6.07 Å². The second-order valence-corrected chi connectivity index (χ2v) is 4.96. The lowest BCUT2D eigenvalue weighted by Crippen LogP contribution is -2.44. The molecule has 1 aromatic carbocycles. The molecule has 0 radical (unpaired) electrons. The maximum atomic E-state index is 8.92. The first-order chi connectivity index (χ1) is 8.20. The smallest absolute Gasteiger partial charge is 0.0627 e. The van der Waals surface area contributed by atoms with Crippen LogP contribution in [0.1, 0.15) is 25.8 Å². The van der Waals surface area contributed by atoms with E-state index in [1.165, 1.54) is 5.56 Å². The molecule has 3 heteroatoms. The second kappa shape index (κ2) is 5.32. The van der Waals surface area contributed by atoms with Crippen LogP contribution in [0.2, 0.25) is 0 Å². The Labute approximate surface area is 103 Å². The lowest BCUT2D eigenvalue weighted by molar-refractivity contribution is 0.168. The number of nitrogens with zero attached hydrogens (tertiary/aromatic N) is 2. The van der Waals surface area contributed by atoms with Crippen molar-refractivity contribution in [2.45, 2.75) is 32.9 Å². The summed E-state index contributed by atoms with van der Waals surface area (Å²) in [6, 6.07) is 11.0. The van der Waals surface area contributed by atoms with Gasteiger partial charge in [-0.25, -0.2) is 0 Å². The molecule has 0 amide bonds. The van der Waals surface area contributed by atoms with Crippen LogP contribution < -0.4 is 0 Å². The number of hydrogen-bond acceptors (Lipinski definition) is 3. The van der Waals surface area contributed by atoms with Crippen molar-refractivity contribution in [3.63, 3.8) is 0 Å². The zero-order chi connectivity index (χ0) is 12.3. The SMILES string of the molecule is C[C@@H]1CN(Cc2ccccc2)[C@@H](C)C/C1=N/O. The van der Waals surface area contributed by atoms with Gasteiger partial charge < -0.3 is 5.21 Å². The molecule has 17 heavy (non-hydrogen) atoms. The summed E-state index contributed by atoms with van der Waals surface area (Å²) in [5.74, 6) is 0.347. The predicted octanol–water partition coefficient (Wildman–Crippen LogP) is 2.75. The number of hydrogen-bond donors (Lipinski definition) is 1. The van der Waals surface area contributed by atoms with Crippen molar-refractivity contribution in [2.24, 2.45) is 11.1 Å². The van der Waals surface area contributed by atoms with Crippen LogP contribution in [-0.2, 0) is 6.54 Å². The molecule has 0 saturated carbocycles. The van der Waals surface area contributed by atoms with Crippen molar-refractivity contribution in [2.75, 3.05) is 6.54 Å². The van der Waals surface area contributed by atoms with Crippen LogP contribution in [-0.4, -0.2) is 28.4 Å². The molecular formula is C14H20N2O. The van der Waals surface area contributed by atoms with E-state index in [1.54, 1.807) is 0 Å². The van der Waals surface area contributed by atoms with Crippen molar-refractivity contribution in [1.29, 1.82) is 0 Å². The highest BCUT2D eigenvalue weighted by molar-refractivity contribution is 5.87. The fourth-order valence-corrected chi connectivity index (χ4v) is 2.45. The van der Waals surface area contributed by atoms with Gasteiger partial charge in [0.25, 0.3) is 0 Å². The van der Waals surface area contributed by atoms with E-state index in [-0.39, 0.29) is 0 Å². The molecule has 0 bridgehead atoms. The summed E-state index contributed by atoms with van der Waals surface area (Å²) in [6.45, 7) is 6.26. The van der Waals surface area contributed by atoms with E-state index in [9.17, 15) is 0 Å². The highest BCUT2D eigenvalue weighted by Crippen LogP contribution is 2.21. The van der Waals surface area contributed by atoms with Crippen molar-refractivity contribution in [3.05, 3.63) is 35.9 Å². The van der Waals surface area contributed by atoms with Gasteiger partial charge in [0.05, 0.1) is 5.71 Å². The van der Waals surface area contributed by atoms with E-state index in [0.717, 1.165) is 25.2 Å². The highest BCUT2D eigenvalue weighted by atomic mass is 16.4. The zero-order valence-corrected chi connectivity index (χ0v) is 10.5. The number of piperidine rings is 1. The van der Waals surface area contributed by atoms with E-state index in [4.69, 9.17) is 5.21 Å². The van der Waals surface area contributed by atoms with Gasteiger partial charge in [-0.1, -0.05) is 42.4 Å². The molecule has 1 heterocycles. The molecule has 0 unspecified atom stereocenters. The fraction of sp³-hybridized carbons (Fsp3) is 0.500. The van der Waals surface area contributed by atoms with E-state index in [0.29, 0.717) is 12.0 Å². The van der Waals surface area contributed by atoms with Crippen LogP contribution in [0.3, 0.4) is 0 Å². The van der Waals surface area contributed by atoms with Gasteiger partial charge >= 0.3 is 0 Å². The Morgan fingerprint density at radius 3 is 2.65 bits per heavy atom.